The number of nitrogens with zero attached hydrogens (tertiary/aromatic N) is 4. The summed E-state index contributed by atoms with van der Waals surface area (Å²) in [6, 6.07) is 14.9. The standard InChI is InChI=1S/C26H19BrN4O5S2/c1-36-18-12-16(11-17(27)22(18)33)20-19(21(32)15-7-9-28-10-8-15)23(34)24(35)31(20)25-29-30-26(38-25)37-13-14-5-3-2-4-6-14/h2-12,20,32-33H,13H2,1H3/b21-19+. The lowest BCUT2D eigenvalue weighted by Crippen LogP contribution is -2.29. The van der Waals surface area contributed by atoms with Gasteiger partial charge in [0.25, 0.3) is 5.78 Å². The first-order valence-corrected chi connectivity index (χ1v) is 13.8. The van der Waals surface area contributed by atoms with Crippen molar-refractivity contribution in [1.82, 2.24) is 15.2 Å². The van der Waals surface area contributed by atoms with Crippen LogP contribution in [0.15, 0.2) is 81.4 Å². The minimum absolute atomic E-state index is 0.125. The first-order chi connectivity index (χ1) is 18.4. The number of aliphatic hydroxyl groups excluding tert-OH is 1. The molecule has 1 aliphatic heterocycles. The summed E-state index contributed by atoms with van der Waals surface area (Å²) in [5, 5.41) is 30.2. The summed E-state index contributed by atoms with van der Waals surface area (Å²) < 4.78 is 6.20. The maximum absolute atomic E-state index is 13.4. The Morgan fingerprint density at radius 3 is 2.58 bits per heavy atom. The summed E-state index contributed by atoms with van der Waals surface area (Å²) in [6.45, 7) is 0. The van der Waals surface area contributed by atoms with Crippen LogP contribution in [0.25, 0.3) is 5.76 Å². The van der Waals surface area contributed by atoms with Crippen LogP contribution in [0.3, 0.4) is 0 Å². The van der Waals surface area contributed by atoms with Crippen molar-refractivity contribution in [3.63, 3.8) is 0 Å². The quantitative estimate of drug-likeness (QED) is 0.0938. The molecule has 5 rings (SSSR count). The summed E-state index contributed by atoms with van der Waals surface area (Å²) in [5.74, 6) is -1.45. The van der Waals surface area contributed by atoms with Gasteiger partial charge in [0.15, 0.2) is 15.8 Å². The zero-order chi connectivity index (χ0) is 26.8. The second-order valence-electron chi connectivity index (χ2n) is 8.08. The van der Waals surface area contributed by atoms with Gasteiger partial charge in [-0.1, -0.05) is 53.4 Å². The molecule has 9 nitrogen and oxygen atoms in total. The minimum atomic E-state index is -1.06. The monoisotopic (exact) mass is 610 g/mol. The molecule has 1 fully saturated rings. The van der Waals surface area contributed by atoms with Gasteiger partial charge in [0.1, 0.15) is 5.76 Å². The Hall–Kier alpha value is -3.74. The van der Waals surface area contributed by atoms with Gasteiger partial charge < -0.3 is 14.9 Å². The van der Waals surface area contributed by atoms with Crippen LogP contribution in [0.5, 0.6) is 11.5 Å². The lowest BCUT2D eigenvalue weighted by atomic mass is 9.95. The van der Waals surface area contributed by atoms with Crippen LogP contribution in [0.4, 0.5) is 5.13 Å². The van der Waals surface area contributed by atoms with Crippen LogP contribution in [-0.4, -0.2) is 44.2 Å². The lowest BCUT2D eigenvalue weighted by Gasteiger charge is -2.23. The summed E-state index contributed by atoms with van der Waals surface area (Å²) in [6.07, 6.45) is 2.95. The van der Waals surface area contributed by atoms with E-state index < -0.39 is 17.7 Å². The molecule has 2 aromatic carbocycles. The zero-order valence-electron chi connectivity index (χ0n) is 19.7. The van der Waals surface area contributed by atoms with E-state index in [1.165, 1.54) is 65.7 Å². The maximum Gasteiger partial charge on any atom is 0.301 e. The van der Waals surface area contributed by atoms with Crippen LogP contribution in [0, 0.1) is 0 Å². The number of aromatic nitrogens is 3. The number of ketones is 1. The minimum Gasteiger partial charge on any atom is -0.507 e. The molecule has 1 amide bonds. The maximum atomic E-state index is 13.4. The van der Waals surface area contributed by atoms with Crippen LogP contribution < -0.4 is 9.64 Å². The molecule has 2 N–H and O–H groups in total. The number of Topliss-reactive ketones (excluding diaryl/α,β-unsaturated/α-hetero) is 1. The largest absolute Gasteiger partial charge is 0.507 e. The topological polar surface area (TPSA) is 126 Å². The molecule has 3 heterocycles. The number of anilines is 1. The molecular weight excluding hydrogens is 592 g/mol. The van der Waals surface area contributed by atoms with Crippen molar-refractivity contribution in [2.24, 2.45) is 0 Å². The number of hydrogen-bond donors (Lipinski definition) is 2. The van der Waals surface area contributed by atoms with Crippen molar-refractivity contribution in [1.29, 1.82) is 0 Å². The predicted molar refractivity (Wildman–Crippen MR) is 147 cm³/mol. The Balaban J connectivity index is 1.60. The average Bonchev–Trinajstić information content (AvgIpc) is 3.51. The first-order valence-electron chi connectivity index (χ1n) is 11.2. The van der Waals surface area contributed by atoms with E-state index in [0.29, 0.717) is 21.2 Å². The number of carbonyl (C=O) groups is 2. The normalized spacial score (nSPS) is 16.7. The lowest BCUT2D eigenvalue weighted by molar-refractivity contribution is -0.132. The fourth-order valence-corrected chi connectivity index (χ4v) is 6.28. The summed E-state index contributed by atoms with van der Waals surface area (Å²) in [4.78, 5) is 31.9. The van der Waals surface area contributed by atoms with Gasteiger partial charge in [0.05, 0.1) is 23.2 Å². The fraction of sp³-hybridized carbons (Fsp3) is 0.115. The van der Waals surface area contributed by atoms with E-state index >= 15 is 0 Å². The second-order valence-corrected chi connectivity index (χ2v) is 11.1. The first kappa shape index (κ1) is 25.9. The van der Waals surface area contributed by atoms with Gasteiger partial charge in [-0.05, 0) is 51.3 Å². The van der Waals surface area contributed by atoms with Crippen molar-refractivity contribution in [3.05, 3.63) is 93.7 Å². The number of pyridine rings is 1. The number of methoxy groups -OCH3 is 1. The van der Waals surface area contributed by atoms with Crippen LogP contribution in [0.1, 0.15) is 22.7 Å². The van der Waals surface area contributed by atoms with Gasteiger partial charge in [0.2, 0.25) is 5.13 Å². The molecule has 1 saturated heterocycles. The molecule has 192 valence electrons. The molecule has 0 aliphatic carbocycles. The number of benzene rings is 2. The molecule has 0 spiro atoms. The van der Waals surface area contributed by atoms with E-state index in [0.717, 1.165) is 5.56 Å². The van der Waals surface area contributed by atoms with Gasteiger partial charge in [-0.3, -0.25) is 19.5 Å². The number of rotatable bonds is 7. The molecule has 4 aromatic rings. The van der Waals surface area contributed by atoms with Crippen molar-refractivity contribution >= 4 is 61.6 Å². The number of thioether (sulfide) groups is 1. The molecule has 0 saturated carbocycles. The molecule has 12 heteroatoms. The molecule has 1 atom stereocenters. The number of ether oxygens (including phenoxy) is 1. The third kappa shape index (κ3) is 4.89. The summed E-state index contributed by atoms with van der Waals surface area (Å²) in [7, 11) is 1.39. The fourth-order valence-electron chi connectivity index (χ4n) is 4.00. The van der Waals surface area contributed by atoms with Crippen LogP contribution in [0.2, 0.25) is 0 Å². The molecule has 38 heavy (non-hydrogen) atoms. The zero-order valence-corrected chi connectivity index (χ0v) is 23.0. The van der Waals surface area contributed by atoms with E-state index in [1.54, 1.807) is 6.07 Å². The Morgan fingerprint density at radius 2 is 1.87 bits per heavy atom. The molecule has 0 radical (unpaired) electrons. The van der Waals surface area contributed by atoms with Gasteiger partial charge in [-0.2, -0.15) is 0 Å². The van der Waals surface area contributed by atoms with Gasteiger partial charge in [-0.25, -0.2) is 0 Å². The Kier molecular flexibility index (Phi) is 7.45. The van der Waals surface area contributed by atoms with E-state index in [4.69, 9.17) is 4.74 Å². The third-order valence-corrected chi connectivity index (χ3v) is 8.52. The third-order valence-electron chi connectivity index (χ3n) is 5.79. The van der Waals surface area contributed by atoms with Crippen molar-refractivity contribution < 1.29 is 24.5 Å². The highest BCUT2D eigenvalue weighted by atomic mass is 79.9. The summed E-state index contributed by atoms with van der Waals surface area (Å²) in [5.41, 5.74) is 1.71. The number of aliphatic hydroxyl groups is 1. The highest BCUT2D eigenvalue weighted by Crippen LogP contribution is 2.47. The average molecular weight is 611 g/mol. The number of carbonyl (C=O) groups excluding carboxylic acids is 2. The van der Waals surface area contributed by atoms with E-state index in [9.17, 15) is 19.8 Å². The van der Waals surface area contributed by atoms with Crippen LogP contribution >= 0.6 is 39.0 Å². The highest BCUT2D eigenvalue weighted by Gasteiger charge is 2.48. The van der Waals surface area contributed by atoms with E-state index in [2.05, 4.69) is 31.1 Å². The SMILES string of the molecule is COc1cc(C2/C(=C(\O)c3ccncc3)C(=O)C(=O)N2c2nnc(SCc3ccccc3)s2)cc(Br)c1O. The van der Waals surface area contributed by atoms with Crippen molar-refractivity contribution in [2.75, 3.05) is 12.0 Å². The number of hydrogen-bond acceptors (Lipinski definition) is 10. The molecule has 2 aromatic heterocycles. The van der Waals surface area contributed by atoms with Gasteiger partial charge in [0, 0.05) is 23.7 Å². The summed E-state index contributed by atoms with van der Waals surface area (Å²) >= 11 is 5.93. The second kappa shape index (κ2) is 10.9. The Labute approximate surface area is 234 Å². The van der Waals surface area contributed by atoms with E-state index in [1.807, 2.05) is 30.3 Å². The van der Waals surface area contributed by atoms with Crippen LogP contribution in [-0.2, 0) is 15.3 Å². The predicted octanol–water partition coefficient (Wildman–Crippen LogP) is 5.33. The van der Waals surface area contributed by atoms with Crippen molar-refractivity contribution in [3.8, 4) is 11.5 Å². The molecular formula is C26H19BrN4O5S2. The number of halogens is 1. The Bertz CT molecular complexity index is 1550. The molecule has 1 unspecified atom stereocenters. The smallest absolute Gasteiger partial charge is 0.301 e. The number of amides is 1. The van der Waals surface area contributed by atoms with Gasteiger partial charge >= 0.3 is 5.91 Å². The Morgan fingerprint density at radius 1 is 1.13 bits per heavy atom. The molecule has 1 aliphatic rings. The highest BCUT2D eigenvalue weighted by molar-refractivity contribution is 9.10. The number of aromatic hydroxyl groups is 1. The number of phenols is 1. The molecule has 0 bridgehead atoms. The van der Waals surface area contributed by atoms with Gasteiger partial charge in [-0.15, -0.1) is 10.2 Å². The number of phenolic OH excluding ortho intramolecular Hbond substituents is 1. The van der Waals surface area contributed by atoms with Crippen molar-refractivity contribution in [2.45, 2.75) is 16.1 Å². The van der Waals surface area contributed by atoms with E-state index in [-0.39, 0.29) is 32.4 Å².